The highest BCUT2D eigenvalue weighted by Crippen LogP contribution is 2.31. The number of rotatable bonds is 9. The van der Waals surface area contributed by atoms with Gasteiger partial charge in [0, 0.05) is 10.6 Å². The third-order valence-electron chi connectivity index (χ3n) is 4.50. The van der Waals surface area contributed by atoms with E-state index in [2.05, 4.69) is 4.74 Å². The second-order valence-corrected chi connectivity index (χ2v) is 8.07. The minimum atomic E-state index is -4.76. The standard InChI is InChI=1S/C25H21F3O4S/c1-17-14-21(10-11-23(17)31-16-24(29)30)33-13-12-22(18-6-3-2-4-7-18)19-8-5-9-20(15-19)32-25(26,27)28/h2-12,14-15H,13,16H2,1H3,(H,29,30)/b22-12-. The molecule has 0 saturated heterocycles. The van der Waals surface area contributed by atoms with Crippen molar-refractivity contribution in [1.29, 1.82) is 0 Å². The zero-order valence-electron chi connectivity index (χ0n) is 17.6. The lowest BCUT2D eigenvalue weighted by molar-refractivity contribution is -0.274. The maximum atomic E-state index is 12.7. The van der Waals surface area contributed by atoms with Crippen LogP contribution in [-0.4, -0.2) is 29.8 Å². The molecule has 0 radical (unpaired) electrons. The highest BCUT2D eigenvalue weighted by Gasteiger charge is 2.31. The molecule has 3 rings (SSSR count). The van der Waals surface area contributed by atoms with Crippen LogP contribution >= 0.6 is 11.8 Å². The summed E-state index contributed by atoms with van der Waals surface area (Å²) < 4.78 is 47.3. The highest BCUT2D eigenvalue weighted by molar-refractivity contribution is 7.99. The van der Waals surface area contributed by atoms with Crippen LogP contribution in [0.5, 0.6) is 11.5 Å². The largest absolute Gasteiger partial charge is 0.573 e. The Kier molecular flexibility index (Phi) is 8.06. The van der Waals surface area contributed by atoms with E-state index in [1.54, 1.807) is 23.9 Å². The first-order valence-corrected chi connectivity index (χ1v) is 10.9. The summed E-state index contributed by atoms with van der Waals surface area (Å²) in [6.07, 6.45) is -2.81. The summed E-state index contributed by atoms with van der Waals surface area (Å²) in [7, 11) is 0. The Bertz CT molecular complexity index is 1130. The van der Waals surface area contributed by atoms with Gasteiger partial charge < -0.3 is 14.6 Å². The molecule has 0 fully saturated rings. The monoisotopic (exact) mass is 474 g/mol. The van der Waals surface area contributed by atoms with Crippen LogP contribution in [-0.2, 0) is 4.79 Å². The first kappa shape index (κ1) is 24.3. The van der Waals surface area contributed by atoms with Crippen LogP contribution in [0.2, 0.25) is 0 Å². The van der Waals surface area contributed by atoms with Crippen LogP contribution in [0.3, 0.4) is 0 Å². The van der Waals surface area contributed by atoms with Crippen LogP contribution < -0.4 is 9.47 Å². The predicted molar refractivity (Wildman–Crippen MR) is 122 cm³/mol. The number of halogens is 3. The minimum absolute atomic E-state index is 0.276. The number of carbonyl (C=O) groups is 1. The molecule has 0 heterocycles. The van der Waals surface area contributed by atoms with Crippen LogP contribution in [0.4, 0.5) is 13.2 Å². The zero-order chi connectivity index (χ0) is 23.8. The fraction of sp³-hybridized carbons (Fsp3) is 0.160. The van der Waals surface area contributed by atoms with Gasteiger partial charge in [0.15, 0.2) is 6.61 Å². The van der Waals surface area contributed by atoms with Crippen molar-refractivity contribution in [2.45, 2.75) is 18.2 Å². The van der Waals surface area contributed by atoms with E-state index in [0.29, 0.717) is 17.1 Å². The molecule has 0 bridgehead atoms. The van der Waals surface area contributed by atoms with Crippen molar-refractivity contribution in [2.75, 3.05) is 12.4 Å². The summed E-state index contributed by atoms with van der Waals surface area (Å²) in [5, 5.41) is 8.75. The third kappa shape index (κ3) is 7.61. The number of thioether (sulfide) groups is 1. The molecule has 33 heavy (non-hydrogen) atoms. The van der Waals surface area contributed by atoms with E-state index in [9.17, 15) is 18.0 Å². The first-order chi connectivity index (χ1) is 15.7. The minimum Gasteiger partial charge on any atom is -0.482 e. The lowest BCUT2D eigenvalue weighted by atomic mass is 9.98. The average molecular weight is 475 g/mol. The Morgan fingerprint density at radius 3 is 2.39 bits per heavy atom. The first-order valence-electron chi connectivity index (χ1n) is 9.91. The van der Waals surface area contributed by atoms with Gasteiger partial charge in [-0.25, -0.2) is 4.79 Å². The van der Waals surface area contributed by atoms with Gasteiger partial charge >= 0.3 is 12.3 Å². The van der Waals surface area contributed by atoms with Crippen LogP contribution in [0.1, 0.15) is 16.7 Å². The molecule has 0 aliphatic heterocycles. The lowest BCUT2D eigenvalue weighted by Crippen LogP contribution is -2.17. The van der Waals surface area contributed by atoms with Crippen molar-refractivity contribution < 1.29 is 32.5 Å². The Morgan fingerprint density at radius 2 is 1.73 bits per heavy atom. The lowest BCUT2D eigenvalue weighted by Gasteiger charge is -2.13. The number of aliphatic carboxylic acids is 1. The molecule has 172 valence electrons. The number of aryl methyl sites for hydroxylation is 1. The van der Waals surface area contributed by atoms with Gasteiger partial charge in [-0.15, -0.1) is 24.9 Å². The number of carboxylic acids is 1. The van der Waals surface area contributed by atoms with Crippen molar-refractivity contribution in [1.82, 2.24) is 0 Å². The van der Waals surface area contributed by atoms with Crippen molar-refractivity contribution >= 4 is 23.3 Å². The maximum absolute atomic E-state index is 12.7. The Morgan fingerprint density at radius 1 is 1.00 bits per heavy atom. The van der Waals surface area contributed by atoms with E-state index in [0.717, 1.165) is 21.6 Å². The van der Waals surface area contributed by atoms with Gasteiger partial charge in [-0.05, 0) is 59.5 Å². The number of alkyl halides is 3. The van der Waals surface area contributed by atoms with E-state index in [1.807, 2.05) is 55.5 Å². The van der Waals surface area contributed by atoms with Crippen LogP contribution in [0.15, 0.2) is 83.8 Å². The fourth-order valence-corrected chi connectivity index (χ4v) is 3.98. The molecule has 0 atom stereocenters. The van der Waals surface area contributed by atoms with Crippen molar-refractivity contribution in [3.05, 3.63) is 95.6 Å². The van der Waals surface area contributed by atoms with Gasteiger partial charge in [0.05, 0.1) is 0 Å². The molecule has 0 amide bonds. The average Bonchev–Trinajstić information content (AvgIpc) is 2.75. The second kappa shape index (κ2) is 11.0. The van der Waals surface area contributed by atoms with Gasteiger partial charge in [0.2, 0.25) is 0 Å². The molecule has 0 spiro atoms. The zero-order valence-corrected chi connectivity index (χ0v) is 18.5. The number of hydrogen-bond acceptors (Lipinski definition) is 4. The second-order valence-electron chi connectivity index (χ2n) is 6.98. The van der Waals surface area contributed by atoms with Crippen molar-refractivity contribution in [3.63, 3.8) is 0 Å². The number of benzene rings is 3. The molecule has 1 N–H and O–H groups in total. The molecule has 0 unspecified atom stereocenters. The summed E-state index contributed by atoms with van der Waals surface area (Å²) in [6.45, 7) is 1.42. The molecule has 0 aliphatic rings. The SMILES string of the molecule is Cc1cc(SC/C=C(/c2ccccc2)c2cccc(OC(F)(F)F)c2)ccc1OCC(=O)O. The molecule has 0 aromatic heterocycles. The predicted octanol–water partition coefficient (Wildman–Crippen LogP) is 6.58. The smallest absolute Gasteiger partial charge is 0.482 e. The number of ether oxygens (including phenoxy) is 2. The van der Waals surface area contributed by atoms with E-state index in [1.165, 1.54) is 18.2 Å². The third-order valence-corrected chi connectivity index (χ3v) is 5.42. The van der Waals surface area contributed by atoms with E-state index in [-0.39, 0.29) is 5.75 Å². The molecular formula is C25H21F3O4S. The molecule has 4 nitrogen and oxygen atoms in total. The van der Waals surface area contributed by atoms with Gasteiger partial charge in [-0.2, -0.15) is 0 Å². The van der Waals surface area contributed by atoms with Crippen LogP contribution in [0, 0.1) is 6.92 Å². The van der Waals surface area contributed by atoms with E-state index >= 15 is 0 Å². The summed E-state index contributed by atoms with van der Waals surface area (Å²) in [5.41, 5.74) is 3.08. The highest BCUT2D eigenvalue weighted by atomic mass is 32.2. The quantitative estimate of drug-likeness (QED) is 0.355. The molecule has 3 aromatic carbocycles. The Hall–Kier alpha value is -3.39. The molecule has 8 heteroatoms. The number of hydrogen-bond donors (Lipinski definition) is 1. The van der Waals surface area contributed by atoms with Gasteiger partial charge in [-0.1, -0.05) is 48.5 Å². The van der Waals surface area contributed by atoms with Gasteiger partial charge in [0.25, 0.3) is 0 Å². The maximum Gasteiger partial charge on any atom is 0.573 e. The van der Waals surface area contributed by atoms with Crippen LogP contribution in [0.25, 0.3) is 5.57 Å². The number of carboxylic acid groups (broad SMARTS) is 1. The van der Waals surface area contributed by atoms with Gasteiger partial charge in [0.1, 0.15) is 11.5 Å². The topological polar surface area (TPSA) is 55.8 Å². The Balaban J connectivity index is 1.80. The fourth-order valence-electron chi connectivity index (χ4n) is 3.12. The summed E-state index contributed by atoms with van der Waals surface area (Å²) in [4.78, 5) is 11.6. The summed E-state index contributed by atoms with van der Waals surface area (Å²) in [5.74, 6) is -0.259. The molecular weight excluding hydrogens is 453 g/mol. The van der Waals surface area contributed by atoms with E-state index in [4.69, 9.17) is 9.84 Å². The van der Waals surface area contributed by atoms with E-state index < -0.39 is 18.9 Å². The van der Waals surface area contributed by atoms with Gasteiger partial charge in [-0.3, -0.25) is 0 Å². The normalized spacial score (nSPS) is 11.8. The molecule has 0 aliphatic carbocycles. The van der Waals surface area contributed by atoms with Crippen molar-refractivity contribution in [3.8, 4) is 11.5 Å². The molecule has 0 saturated carbocycles. The van der Waals surface area contributed by atoms with Crippen molar-refractivity contribution in [2.24, 2.45) is 0 Å². The summed E-state index contributed by atoms with van der Waals surface area (Å²) in [6, 6.07) is 20.8. The Labute approximate surface area is 193 Å². The summed E-state index contributed by atoms with van der Waals surface area (Å²) >= 11 is 1.54. The molecule has 3 aromatic rings.